The van der Waals surface area contributed by atoms with Crippen molar-refractivity contribution < 1.29 is 0 Å². The molecule has 14 heavy (non-hydrogen) atoms. The molecule has 0 spiro atoms. The number of aryl methyl sites for hydroxylation is 1. The Morgan fingerprint density at radius 1 is 1.29 bits per heavy atom. The minimum Gasteiger partial charge on any atom is -0.375 e. The first kappa shape index (κ1) is 11.1. The van der Waals surface area contributed by atoms with Gasteiger partial charge in [-0.1, -0.05) is 12.1 Å². The summed E-state index contributed by atoms with van der Waals surface area (Å²) in [5, 5.41) is 0. The van der Waals surface area contributed by atoms with Crippen LogP contribution in [-0.2, 0) is 0 Å². The molecular weight excluding hydrogens is 172 g/mol. The maximum atomic E-state index is 5.46. The monoisotopic (exact) mass is 192 g/mol. The van der Waals surface area contributed by atoms with E-state index in [4.69, 9.17) is 5.73 Å². The predicted octanol–water partition coefficient (Wildman–Crippen LogP) is 2.17. The lowest BCUT2D eigenvalue weighted by atomic mass is 10.2. The maximum Gasteiger partial charge on any atom is 0.0366 e. The zero-order valence-corrected chi connectivity index (χ0v) is 9.16. The van der Waals surface area contributed by atoms with Crippen LogP contribution in [0.2, 0.25) is 0 Å². The summed E-state index contributed by atoms with van der Waals surface area (Å²) in [6.07, 6.45) is 2.27. The van der Waals surface area contributed by atoms with Crippen LogP contribution in [0, 0.1) is 6.92 Å². The normalized spacial score (nSPS) is 10.2. The molecule has 2 nitrogen and oxygen atoms in total. The van der Waals surface area contributed by atoms with E-state index in [1.165, 1.54) is 17.7 Å². The number of nitrogens with zero attached hydrogens (tertiary/aromatic N) is 1. The third kappa shape index (κ3) is 3.38. The highest BCUT2D eigenvalue weighted by Crippen LogP contribution is 2.14. The third-order valence-electron chi connectivity index (χ3n) is 2.39. The molecule has 2 N–H and O–H groups in total. The van der Waals surface area contributed by atoms with Crippen molar-refractivity contribution in [3.63, 3.8) is 0 Å². The van der Waals surface area contributed by atoms with Gasteiger partial charge in [0.1, 0.15) is 0 Å². The summed E-state index contributed by atoms with van der Waals surface area (Å²) in [7, 11) is 2.13. The molecule has 0 amide bonds. The summed E-state index contributed by atoms with van der Waals surface area (Å²) in [5.41, 5.74) is 8.07. The van der Waals surface area contributed by atoms with Crippen molar-refractivity contribution >= 4 is 5.69 Å². The van der Waals surface area contributed by atoms with Gasteiger partial charge in [0.2, 0.25) is 0 Å². The number of benzene rings is 1. The Balaban J connectivity index is 2.47. The van der Waals surface area contributed by atoms with Gasteiger partial charge in [0.25, 0.3) is 0 Å². The standard InChI is InChI=1S/C12H20N2/c1-11-6-5-7-12(10-11)14(2)9-4-3-8-13/h5-7,10H,3-4,8-9,13H2,1-2H3. The molecule has 0 aliphatic carbocycles. The van der Waals surface area contributed by atoms with E-state index in [9.17, 15) is 0 Å². The molecule has 0 unspecified atom stereocenters. The molecule has 1 rings (SSSR count). The molecule has 0 aromatic heterocycles. The highest BCUT2D eigenvalue weighted by molar-refractivity contribution is 5.47. The molecule has 78 valence electrons. The van der Waals surface area contributed by atoms with Crippen LogP contribution < -0.4 is 10.6 Å². The summed E-state index contributed by atoms with van der Waals surface area (Å²) >= 11 is 0. The van der Waals surface area contributed by atoms with Gasteiger partial charge >= 0.3 is 0 Å². The SMILES string of the molecule is Cc1cccc(N(C)CCCCN)c1. The van der Waals surface area contributed by atoms with Crippen LogP contribution in [0.3, 0.4) is 0 Å². The Bertz CT molecular complexity index is 271. The zero-order chi connectivity index (χ0) is 10.4. The van der Waals surface area contributed by atoms with E-state index in [2.05, 4.69) is 43.1 Å². The molecule has 1 aromatic carbocycles. The van der Waals surface area contributed by atoms with Gasteiger partial charge in [-0.3, -0.25) is 0 Å². The van der Waals surface area contributed by atoms with Crippen LogP contribution in [0.5, 0.6) is 0 Å². The second-order valence-corrected chi connectivity index (χ2v) is 3.76. The first-order chi connectivity index (χ1) is 6.74. The Labute approximate surface area is 86.7 Å². The Morgan fingerprint density at radius 2 is 2.07 bits per heavy atom. The van der Waals surface area contributed by atoms with E-state index in [0.717, 1.165) is 19.5 Å². The number of rotatable bonds is 5. The van der Waals surface area contributed by atoms with Crippen LogP contribution in [0.1, 0.15) is 18.4 Å². The highest BCUT2D eigenvalue weighted by Gasteiger charge is 1.99. The lowest BCUT2D eigenvalue weighted by Crippen LogP contribution is -2.19. The summed E-state index contributed by atoms with van der Waals surface area (Å²) in [6, 6.07) is 8.58. The van der Waals surface area contributed by atoms with Crippen molar-refractivity contribution in [2.75, 3.05) is 25.0 Å². The second-order valence-electron chi connectivity index (χ2n) is 3.76. The molecule has 0 radical (unpaired) electrons. The second kappa shape index (κ2) is 5.66. The zero-order valence-electron chi connectivity index (χ0n) is 9.16. The van der Waals surface area contributed by atoms with Gasteiger partial charge in [-0.05, 0) is 44.0 Å². The summed E-state index contributed by atoms with van der Waals surface area (Å²) in [4.78, 5) is 2.28. The van der Waals surface area contributed by atoms with Gasteiger partial charge in [-0.2, -0.15) is 0 Å². The average molecular weight is 192 g/mol. The lowest BCUT2D eigenvalue weighted by Gasteiger charge is -2.19. The Kier molecular flexibility index (Phi) is 4.47. The molecule has 0 fully saturated rings. The van der Waals surface area contributed by atoms with Crippen molar-refractivity contribution in [3.8, 4) is 0 Å². The molecule has 0 saturated heterocycles. The lowest BCUT2D eigenvalue weighted by molar-refractivity contribution is 0.728. The molecule has 0 heterocycles. The number of unbranched alkanes of at least 4 members (excludes halogenated alkanes) is 1. The first-order valence-electron chi connectivity index (χ1n) is 5.22. The number of anilines is 1. The molecule has 0 bridgehead atoms. The van der Waals surface area contributed by atoms with Crippen molar-refractivity contribution in [1.29, 1.82) is 0 Å². The third-order valence-corrected chi connectivity index (χ3v) is 2.39. The number of hydrogen-bond acceptors (Lipinski definition) is 2. The fourth-order valence-electron chi connectivity index (χ4n) is 1.49. The van der Waals surface area contributed by atoms with E-state index in [1.54, 1.807) is 0 Å². The van der Waals surface area contributed by atoms with E-state index >= 15 is 0 Å². The topological polar surface area (TPSA) is 29.3 Å². The van der Waals surface area contributed by atoms with E-state index in [-0.39, 0.29) is 0 Å². The molecule has 2 heteroatoms. The van der Waals surface area contributed by atoms with Crippen LogP contribution in [0.15, 0.2) is 24.3 Å². The molecule has 0 atom stereocenters. The van der Waals surface area contributed by atoms with Crippen LogP contribution in [0.25, 0.3) is 0 Å². The smallest absolute Gasteiger partial charge is 0.0366 e. The largest absolute Gasteiger partial charge is 0.375 e. The van der Waals surface area contributed by atoms with E-state index in [1.807, 2.05) is 0 Å². The molecule has 1 aromatic rings. The van der Waals surface area contributed by atoms with E-state index < -0.39 is 0 Å². The van der Waals surface area contributed by atoms with Crippen molar-refractivity contribution in [1.82, 2.24) is 0 Å². The quantitative estimate of drug-likeness (QED) is 0.724. The minimum absolute atomic E-state index is 0.793. The summed E-state index contributed by atoms with van der Waals surface area (Å²) in [5.74, 6) is 0. The minimum atomic E-state index is 0.793. The molecular formula is C12H20N2. The van der Waals surface area contributed by atoms with Gasteiger partial charge in [-0.15, -0.1) is 0 Å². The van der Waals surface area contributed by atoms with Crippen LogP contribution >= 0.6 is 0 Å². The van der Waals surface area contributed by atoms with Gasteiger partial charge in [0.05, 0.1) is 0 Å². The Hall–Kier alpha value is -1.02. The van der Waals surface area contributed by atoms with Crippen LogP contribution in [-0.4, -0.2) is 20.1 Å². The summed E-state index contributed by atoms with van der Waals surface area (Å²) < 4.78 is 0. The fourth-order valence-corrected chi connectivity index (χ4v) is 1.49. The average Bonchev–Trinajstić information content (AvgIpc) is 2.18. The van der Waals surface area contributed by atoms with E-state index in [0.29, 0.717) is 0 Å². The van der Waals surface area contributed by atoms with Gasteiger partial charge in [0, 0.05) is 19.3 Å². The van der Waals surface area contributed by atoms with Gasteiger partial charge in [-0.25, -0.2) is 0 Å². The number of hydrogen-bond donors (Lipinski definition) is 1. The van der Waals surface area contributed by atoms with Crippen LogP contribution in [0.4, 0.5) is 5.69 Å². The molecule has 0 saturated carbocycles. The Morgan fingerprint density at radius 3 is 2.71 bits per heavy atom. The predicted molar refractivity (Wildman–Crippen MR) is 62.7 cm³/mol. The van der Waals surface area contributed by atoms with Crippen molar-refractivity contribution in [2.45, 2.75) is 19.8 Å². The molecule has 0 aliphatic heterocycles. The van der Waals surface area contributed by atoms with Crippen molar-refractivity contribution in [2.24, 2.45) is 5.73 Å². The van der Waals surface area contributed by atoms with Gasteiger partial charge < -0.3 is 10.6 Å². The highest BCUT2D eigenvalue weighted by atomic mass is 15.1. The van der Waals surface area contributed by atoms with Crippen molar-refractivity contribution in [3.05, 3.63) is 29.8 Å². The summed E-state index contributed by atoms with van der Waals surface area (Å²) in [6.45, 7) is 4.00. The molecule has 0 aliphatic rings. The van der Waals surface area contributed by atoms with Gasteiger partial charge in [0.15, 0.2) is 0 Å². The fraction of sp³-hybridized carbons (Fsp3) is 0.500. The number of nitrogens with two attached hydrogens (primary N) is 1. The first-order valence-corrected chi connectivity index (χ1v) is 5.22. The maximum absolute atomic E-state index is 5.46.